The van der Waals surface area contributed by atoms with Crippen LogP contribution in [0.3, 0.4) is 0 Å². The zero-order valence-electron chi connectivity index (χ0n) is 15.4. The zero-order chi connectivity index (χ0) is 19.9. The lowest BCUT2D eigenvalue weighted by atomic mass is 10.2. The van der Waals surface area contributed by atoms with Crippen LogP contribution in [0.2, 0.25) is 0 Å². The number of hydrogen-bond donors (Lipinski definition) is 2. The molecule has 0 spiro atoms. The van der Waals surface area contributed by atoms with Crippen molar-refractivity contribution < 1.29 is 27.5 Å². The van der Waals surface area contributed by atoms with Crippen molar-refractivity contribution in [2.75, 3.05) is 40.5 Å². The quantitative estimate of drug-likeness (QED) is 0.459. The molecule has 1 saturated heterocycles. The van der Waals surface area contributed by atoms with E-state index in [1.807, 2.05) is 0 Å². The fourth-order valence-electron chi connectivity index (χ4n) is 2.85. The molecule has 1 aliphatic rings. The summed E-state index contributed by atoms with van der Waals surface area (Å²) in [6.45, 7) is 0.973. The van der Waals surface area contributed by atoms with Gasteiger partial charge < -0.3 is 20.1 Å². The molecule has 2 N–H and O–H groups in total. The molecule has 0 aromatic heterocycles. The molecule has 1 aromatic rings. The van der Waals surface area contributed by atoms with Crippen molar-refractivity contribution in [1.82, 2.24) is 14.9 Å². The van der Waals surface area contributed by atoms with Crippen molar-refractivity contribution in [2.24, 2.45) is 0 Å². The maximum atomic E-state index is 12.9. The number of rotatable bonds is 8. The average molecular weight is 399 g/mol. The summed E-state index contributed by atoms with van der Waals surface area (Å²) in [5, 5.41) is 4.92. The van der Waals surface area contributed by atoms with E-state index in [0.717, 1.165) is 0 Å². The van der Waals surface area contributed by atoms with E-state index >= 15 is 0 Å². The third kappa shape index (κ3) is 5.41. The van der Waals surface area contributed by atoms with Crippen LogP contribution in [0.1, 0.15) is 12.8 Å². The van der Waals surface area contributed by atoms with Gasteiger partial charge in [-0.1, -0.05) is 0 Å². The molecule has 1 atom stereocenters. The molecular weight excluding hydrogens is 374 g/mol. The number of nitrogens with zero attached hydrogens (tertiary/aromatic N) is 1. The van der Waals surface area contributed by atoms with Gasteiger partial charge in [0.05, 0.1) is 18.6 Å². The van der Waals surface area contributed by atoms with Crippen molar-refractivity contribution in [2.45, 2.75) is 23.8 Å². The van der Waals surface area contributed by atoms with Crippen molar-refractivity contribution >= 4 is 21.8 Å². The van der Waals surface area contributed by atoms with Crippen molar-refractivity contribution in [3.63, 3.8) is 0 Å². The number of amides is 2. The van der Waals surface area contributed by atoms with Gasteiger partial charge in [-0.25, -0.2) is 8.42 Å². The number of ether oxygens (including phenoxy) is 2. The van der Waals surface area contributed by atoms with Gasteiger partial charge in [-0.3, -0.25) is 9.59 Å². The third-order valence-electron chi connectivity index (χ3n) is 4.29. The fourth-order valence-corrected chi connectivity index (χ4v) is 4.54. The first-order chi connectivity index (χ1) is 12.9. The lowest BCUT2D eigenvalue weighted by Crippen LogP contribution is -2.47. The summed E-state index contributed by atoms with van der Waals surface area (Å²) in [5.41, 5.74) is 0. The minimum atomic E-state index is -3.69. The molecule has 2 amide bonds. The van der Waals surface area contributed by atoms with E-state index in [0.29, 0.717) is 31.7 Å². The predicted molar refractivity (Wildman–Crippen MR) is 97.8 cm³/mol. The molecule has 10 heteroatoms. The standard InChI is InChI=1S/C17H25N3O6S/c1-25-11-9-18-16(21)17(22)19-12-13-4-3-10-20(13)27(23,24)15-7-5-14(26-2)6-8-15/h5-8,13H,3-4,9-12H2,1-2H3,(H,18,21)(H,19,22)/t13-/m0/s1. The largest absolute Gasteiger partial charge is 0.497 e. The zero-order valence-corrected chi connectivity index (χ0v) is 16.3. The van der Waals surface area contributed by atoms with Gasteiger partial charge in [0, 0.05) is 32.8 Å². The van der Waals surface area contributed by atoms with E-state index in [9.17, 15) is 18.0 Å². The molecule has 1 aromatic carbocycles. The van der Waals surface area contributed by atoms with Gasteiger partial charge in [-0.15, -0.1) is 0 Å². The number of carbonyl (C=O) groups is 2. The van der Waals surface area contributed by atoms with Crippen LogP contribution in [0.15, 0.2) is 29.2 Å². The van der Waals surface area contributed by atoms with E-state index < -0.39 is 27.9 Å². The molecule has 0 saturated carbocycles. The molecule has 0 radical (unpaired) electrons. The number of hydrogen-bond acceptors (Lipinski definition) is 6. The molecule has 0 unspecified atom stereocenters. The predicted octanol–water partition coefficient (Wildman–Crippen LogP) is -0.273. The molecule has 0 bridgehead atoms. The summed E-state index contributed by atoms with van der Waals surface area (Å²) in [6.07, 6.45) is 1.30. The fraction of sp³-hybridized carbons (Fsp3) is 0.529. The number of nitrogens with one attached hydrogen (secondary N) is 2. The highest BCUT2D eigenvalue weighted by Gasteiger charge is 2.35. The second kappa shape index (κ2) is 9.67. The van der Waals surface area contributed by atoms with Crippen LogP contribution < -0.4 is 15.4 Å². The third-order valence-corrected chi connectivity index (χ3v) is 6.25. The van der Waals surface area contributed by atoms with Crippen molar-refractivity contribution in [3.8, 4) is 5.75 Å². The van der Waals surface area contributed by atoms with E-state index in [4.69, 9.17) is 9.47 Å². The summed E-state index contributed by atoms with van der Waals surface area (Å²) >= 11 is 0. The summed E-state index contributed by atoms with van der Waals surface area (Å²) in [5.74, 6) is -0.993. The Kier molecular flexibility index (Phi) is 7.57. The first-order valence-corrected chi connectivity index (χ1v) is 10.0. The highest BCUT2D eigenvalue weighted by Crippen LogP contribution is 2.26. The van der Waals surface area contributed by atoms with Crippen LogP contribution in [0.25, 0.3) is 0 Å². The van der Waals surface area contributed by atoms with Gasteiger partial charge in [0.1, 0.15) is 5.75 Å². The number of methoxy groups -OCH3 is 2. The van der Waals surface area contributed by atoms with Gasteiger partial charge in [0.25, 0.3) is 0 Å². The first-order valence-electron chi connectivity index (χ1n) is 8.61. The minimum Gasteiger partial charge on any atom is -0.497 e. The number of carbonyl (C=O) groups excluding carboxylic acids is 2. The summed E-state index contributed by atoms with van der Waals surface area (Å²) in [4.78, 5) is 23.7. The van der Waals surface area contributed by atoms with Gasteiger partial charge in [0.15, 0.2) is 0 Å². The second-order valence-electron chi connectivity index (χ2n) is 6.05. The summed E-state index contributed by atoms with van der Waals surface area (Å²) < 4.78 is 37.0. The molecule has 1 heterocycles. The molecule has 1 aliphatic heterocycles. The van der Waals surface area contributed by atoms with Crippen molar-refractivity contribution in [1.29, 1.82) is 0 Å². The van der Waals surface area contributed by atoms with Crippen LogP contribution in [0.4, 0.5) is 0 Å². The Morgan fingerprint density at radius 2 is 1.81 bits per heavy atom. The minimum absolute atomic E-state index is 0.0753. The lowest BCUT2D eigenvalue weighted by Gasteiger charge is -2.24. The molecule has 9 nitrogen and oxygen atoms in total. The van der Waals surface area contributed by atoms with E-state index in [1.54, 1.807) is 12.1 Å². The maximum absolute atomic E-state index is 12.9. The van der Waals surface area contributed by atoms with Gasteiger partial charge >= 0.3 is 11.8 Å². The highest BCUT2D eigenvalue weighted by atomic mass is 32.2. The number of benzene rings is 1. The Balaban J connectivity index is 1.97. The van der Waals surface area contributed by atoms with Crippen LogP contribution in [0.5, 0.6) is 5.75 Å². The van der Waals surface area contributed by atoms with Crippen LogP contribution in [0, 0.1) is 0 Å². The Hall–Kier alpha value is -2.17. The van der Waals surface area contributed by atoms with Crippen molar-refractivity contribution in [3.05, 3.63) is 24.3 Å². The monoisotopic (exact) mass is 399 g/mol. The normalized spacial score (nSPS) is 17.5. The Morgan fingerprint density at radius 1 is 1.15 bits per heavy atom. The molecule has 2 rings (SSSR count). The molecule has 0 aliphatic carbocycles. The maximum Gasteiger partial charge on any atom is 0.309 e. The van der Waals surface area contributed by atoms with Gasteiger partial charge in [0.2, 0.25) is 10.0 Å². The summed E-state index contributed by atoms with van der Waals surface area (Å²) in [7, 11) is -0.691. The molecule has 27 heavy (non-hydrogen) atoms. The Morgan fingerprint density at radius 3 is 2.44 bits per heavy atom. The molecule has 1 fully saturated rings. The molecular formula is C17H25N3O6S. The van der Waals surface area contributed by atoms with E-state index in [2.05, 4.69) is 10.6 Å². The van der Waals surface area contributed by atoms with E-state index in [1.165, 1.54) is 30.7 Å². The van der Waals surface area contributed by atoms with E-state index in [-0.39, 0.29) is 18.0 Å². The lowest BCUT2D eigenvalue weighted by molar-refractivity contribution is -0.139. The van der Waals surface area contributed by atoms with Gasteiger partial charge in [-0.05, 0) is 37.1 Å². The van der Waals surface area contributed by atoms with Gasteiger partial charge in [-0.2, -0.15) is 4.31 Å². The Bertz CT molecular complexity index is 750. The van der Waals surface area contributed by atoms with Crippen LogP contribution in [-0.4, -0.2) is 71.0 Å². The first kappa shape index (κ1) is 21.1. The average Bonchev–Trinajstić information content (AvgIpc) is 3.15. The Labute approximate surface area is 159 Å². The van der Waals surface area contributed by atoms with Crippen LogP contribution in [-0.2, 0) is 24.3 Å². The SMILES string of the molecule is COCCNC(=O)C(=O)NC[C@@H]1CCCN1S(=O)(=O)c1ccc(OC)cc1. The second-order valence-corrected chi connectivity index (χ2v) is 7.94. The summed E-state index contributed by atoms with van der Waals surface area (Å²) in [6, 6.07) is 5.76. The van der Waals surface area contributed by atoms with Crippen LogP contribution >= 0.6 is 0 Å². The number of sulfonamides is 1. The molecule has 150 valence electrons. The topological polar surface area (TPSA) is 114 Å². The smallest absolute Gasteiger partial charge is 0.309 e. The highest BCUT2D eigenvalue weighted by molar-refractivity contribution is 7.89.